The lowest BCUT2D eigenvalue weighted by Crippen LogP contribution is -2.36. The molecule has 0 spiro atoms. The van der Waals surface area contributed by atoms with Crippen LogP contribution in [0, 0.1) is 5.82 Å². The molecule has 0 saturated carbocycles. The molecule has 4 heterocycles. The van der Waals surface area contributed by atoms with Gasteiger partial charge in [0.25, 0.3) is 5.89 Å². The molecule has 1 aromatic carbocycles. The van der Waals surface area contributed by atoms with Gasteiger partial charge in [-0.15, -0.1) is 15.3 Å². The Bertz CT molecular complexity index is 1220. The van der Waals surface area contributed by atoms with E-state index in [0.717, 1.165) is 31.3 Å². The molecule has 1 fully saturated rings. The van der Waals surface area contributed by atoms with E-state index in [9.17, 15) is 13.2 Å². The van der Waals surface area contributed by atoms with Crippen molar-refractivity contribution in [3.8, 4) is 22.8 Å². The molecule has 5 rings (SSSR count). The Morgan fingerprint density at radius 2 is 1.88 bits per heavy atom. The number of halogens is 3. The van der Waals surface area contributed by atoms with Crippen molar-refractivity contribution < 1.29 is 17.6 Å². The molecule has 0 atom stereocenters. The van der Waals surface area contributed by atoms with Crippen LogP contribution in [0.4, 0.5) is 13.2 Å². The molecule has 1 saturated heterocycles. The molecule has 0 unspecified atom stereocenters. The molecular weight excluding hydrogens is 423 g/mol. The van der Waals surface area contributed by atoms with Crippen LogP contribution in [-0.4, -0.2) is 48.2 Å². The smallest absolute Gasteiger partial charge is 0.314 e. The highest BCUT2D eigenvalue weighted by Gasteiger charge is 2.18. The van der Waals surface area contributed by atoms with Crippen LogP contribution in [0.15, 0.2) is 47.1 Å². The van der Waals surface area contributed by atoms with E-state index in [1.807, 2.05) is 18.3 Å². The highest BCUT2D eigenvalue weighted by Crippen LogP contribution is 2.25. The Hall–Kier alpha value is -3.60. The number of benzene rings is 1. The number of pyridine rings is 1. The number of alkyl halides is 2. The van der Waals surface area contributed by atoms with E-state index < -0.39 is 18.1 Å². The van der Waals surface area contributed by atoms with E-state index in [4.69, 9.17) is 4.42 Å². The van der Waals surface area contributed by atoms with E-state index in [1.165, 1.54) is 23.2 Å². The molecule has 1 aliphatic rings. The van der Waals surface area contributed by atoms with E-state index in [0.29, 0.717) is 17.0 Å². The second-order valence-electron chi connectivity index (χ2n) is 7.54. The topological polar surface area (TPSA) is 85.8 Å². The van der Waals surface area contributed by atoms with Crippen LogP contribution in [0.3, 0.4) is 0 Å². The maximum Gasteiger partial charge on any atom is 0.314 e. The summed E-state index contributed by atoms with van der Waals surface area (Å²) in [4.78, 5) is 6.81. The van der Waals surface area contributed by atoms with Gasteiger partial charge in [-0.1, -0.05) is 17.3 Å². The molecule has 0 amide bonds. The third-order valence-electron chi connectivity index (χ3n) is 5.24. The van der Waals surface area contributed by atoms with Gasteiger partial charge in [-0.3, -0.25) is 9.88 Å². The maximum atomic E-state index is 14.6. The zero-order chi connectivity index (χ0) is 22.1. The van der Waals surface area contributed by atoms with Crippen molar-refractivity contribution in [3.05, 3.63) is 65.6 Å². The first-order valence-corrected chi connectivity index (χ1v) is 10.0. The van der Waals surface area contributed by atoms with Crippen LogP contribution in [-0.2, 0) is 13.1 Å². The SMILES string of the molecule is Fc1cc(-c2nnc(C(F)F)o2)ccc1Cn1cc(-c2ccc(CN3CCC3)cn2)nn1. The first-order valence-electron chi connectivity index (χ1n) is 10.0. The third-order valence-corrected chi connectivity index (χ3v) is 5.24. The van der Waals surface area contributed by atoms with E-state index in [-0.39, 0.29) is 18.0 Å². The minimum Gasteiger partial charge on any atom is -0.415 e. The van der Waals surface area contributed by atoms with Crippen LogP contribution in [0.1, 0.15) is 29.9 Å². The van der Waals surface area contributed by atoms with Crippen molar-refractivity contribution >= 4 is 0 Å². The fraction of sp³-hybridized carbons (Fsp3) is 0.286. The Kier molecular flexibility index (Phi) is 5.39. The van der Waals surface area contributed by atoms with Crippen LogP contribution < -0.4 is 0 Å². The second kappa shape index (κ2) is 8.50. The third kappa shape index (κ3) is 4.24. The maximum absolute atomic E-state index is 14.6. The van der Waals surface area contributed by atoms with Crippen LogP contribution in [0.25, 0.3) is 22.8 Å². The fourth-order valence-corrected chi connectivity index (χ4v) is 3.38. The molecule has 32 heavy (non-hydrogen) atoms. The lowest BCUT2D eigenvalue weighted by molar-refractivity contribution is 0.116. The quantitative estimate of drug-likeness (QED) is 0.432. The van der Waals surface area contributed by atoms with Crippen molar-refractivity contribution in [1.82, 2.24) is 35.1 Å². The lowest BCUT2D eigenvalue weighted by atomic mass is 10.1. The Labute approximate surface area is 180 Å². The average Bonchev–Trinajstić information content (AvgIpc) is 3.43. The number of hydrogen-bond acceptors (Lipinski definition) is 7. The standard InChI is InChI=1S/C21H18F3N7O/c22-16-8-14(20-27-28-21(32-20)19(23)24)3-4-15(16)11-31-12-18(26-29-31)17-5-2-13(9-25-17)10-30-6-1-7-30/h2-5,8-9,12,19H,1,6-7,10-11H2. The van der Waals surface area contributed by atoms with Crippen molar-refractivity contribution in [1.29, 1.82) is 0 Å². The molecule has 0 bridgehead atoms. The first-order chi connectivity index (χ1) is 15.5. The van der Waals surface area contributed by atoms with Crippen LogP contribution in [0.5, 0.6) is 0 Å². The van der Waals surface area contributed by atoms with Gasteiger partial charge in [0, 0.05) is 23.9 Å². The molecule has 164 valence electrons. The summed E-state index contributed by atoms with van der Waals surface area (Å²) in [5.74, 6) is -1.52. The van der Waals surface area contributed by atoms with E-state index >= 15 is 0 Å². The van der Waals surface area contributed by atoms with Gasteiger partial charge in [0.2, 0.25) is 5.89 Å². The van der Waals surface area contributed by atoms with Gasteiger partial charge in [-0.25, -0.2) is 9.07 Å². The molecule has 3 aromatic heterocycles. The zero-order valence-electron chi connectivity index (χ0n) is 16.8. The normalized spacial score (nSPS) is 14.1. The highest BCUT2D eigenvalue weighted by atomic mass is 19.3. The summed E-state index contributed by atoms with van der Waals surface area (Å²) in [6.45, 7) is 3.28. The predicted octanol–water partition coefficient (Wildman–Crippen LogP) is 3.72. The highest BCUT2D eigenvalue weighted by molar-refractivity contribution is 5.54. The molecule has 8 nitrogen and oxygen atoms in total. The van der Waals surface area contributed by atoms with Crippen LogP contribution in [0.2, 0.25) is 0 Å². The van der Waals surface area contributed by atoms with Gasteiger partial charge in [0.05, 0.1) is 18.4 Å². The molecule has 1 aliphatic heterocycles. The van der Waals surface area contributed by atoms with Crippen LogP contribution >= 0.6 is 0 Å². The minimum atomic E-state index is -2.88. The van der Waals surface area contributed by atoms with E-state index in [2.05, 4.69) is 30.4 Å². The van der Waals surface area contributed by atoms with Crippen molar-refractivity contribution in [3.63, 3.8) is 0 Å². The van der Waals surface area contributed by atoms with Gasteiger partial charge in [-0.2, -0.15) is 8.78 Å². The van der Waals surface area contributed by atoms with E-state index in [1.54, 1.807) is 6.20 Å². The Morgan fingerprint density at radius 1 is 1.00 bits per heavy atom. The molecule has 4 aromatic rings. The summed E-state index contributed by atoms with van der Waals surface area (Å²) in [6.07, 6.45) is 1.89. The van der Waals surface area contributed by atoms with Crippen molar-refractivity contribution in [2.24, 2.45) is 0 Å². The Morgan fingerprint density at radius 3 is 2.53 bits per heavy atom. The summed E-state index contributed by atoms with van der Waals surface area (Å²) in [7, 11) is 0. The van der Waals surface area contributed by atoms with Gasteiger partial charge in [-0.05, 0) is 43.3 Å². The Balaban J connectivity index is 1.27. The number of aromatic nitrogens is 6. The number of rotatable bonds is 7. The summed E-state index contributed by atoms with van der Waals surface area (Å²) < 4.78 is 46.1. The molecule has 0 aliphatic carbocycles. The minimum absolute atomic E-state index is 0.137. The molecular formula is C21H18F3N7O. The van der Waals surface area contributed by atoms with Gasteiger partial charge < -0.3 is 4.42 Å². The fourth-order valence-electron chi connectivity index (χ4n) is 3.38. The van der Waals surface area contributed by atoms with Crippen molar-refractivity contribution in [2.75, 3.05) is 13.1 Å². The number of hydrogen-bond donors (Lipinski definition) is 0. The molecule has 11 heteroatoms. The number of likely N-dealkylation sites (tertiary alicyclic amines) is 1. The first kappa shape index (κ1) is 20.3. The predicted molar refractivity (Wildman–Crippen MR) is 107 cm³/mol. The van der Waals surface area contributed by atoms with Gasteiger partial charge in [0.1, 0.15) is 11.5 Å². The van der Waals surface area contributed by atoms with Crippen molar-refractivity contribution in [2.45, 2.75) is 25.9 Å². The lowest BCUT2D eigenvalue weighted by Gasteiger charge is -2.30. The summed E-state index contributed by atoms with van der Waals surface area (Å²) in [6, 6.07) is 8.12. The largest absolute Gasteiger partial charge is 0.415 e. The van der Waals surface area contributed by atoms with Gasteiger partial charge >= 0.3 is 6.43 Å². The monoisotopic (exact) mass is 441 g/mol. The molecule has 0 N–H and O–H groups in total. The zero-order valence-corrected chi connectivity index (χ0v) is 16.8. The average molecular weight is 441 g/mol. The van der Waals surface area contributed by atoms with Gasteiger partial charge in [0.15, 0.2) is 0 Å². The summed E-state index contributed by atoms with van der Waals surface area (Å²) >= 11 is 0. The summed E-state index contributed by atoms with van der Waals surface area (Å²) in [5.41, 5.74) is 2.97. The molecule has 0 radical (unpaired) electrons. The number of nitrogens with zero attached hydrogens (tertiary/aromatic N) is 7. The summed E-state index contributed by atoms with van der Waals surface area (Å²) in [5, 5.41) is 15.0. The second-order valence-corrected chi connectivity index (χ2v) is 7.54.